The molecule has 2 aromatic rings. The van der Waals surface area contributed by atoms with Crippen molar-refractivity contribution in [3.05, 3.63) is 58.1 Å². The molecule has 0 atom stereocenters. The van der Waals surface area contributed by atoms with Gasteiger partial charge in [-0.1, -0.05) is 23.7 Å². The first-order valence-corrected chi connectivity index (χ1v) is 12.0. The van der Waals surface area contributed by atoms with Gasteiger partial charge in [0.1, 0.15) is 0 Å². The predicted octanol–water partition coefficient (Wildman–Crippen LogP) is 3.36. The van der Waals surface area contributed by atoms with E-state index in [2.05, 4.69) is 9.62 Å². The number of hydrogen-bond donors (Lipinski definition) is 1. The zero-order chi connectivity index (χ0) is 21.5. The van der Waals surface area contributed by atoms with Gasteiger partial charge in [-0.25, -0.2) is 13.1 Å². The highest BCUT2D eigenvalue weighted by molar-refractivity contribution is 7.89. The highest BCUT2D eigenvalue weighted by atomic mass is 35.5. The zero-order valence-corrected chi connectivity index (χ0v) is 18.8. The number of sulfonamides is 1. The Bertz CT molecular complexity index is 1080. The van der Waals surface area contributed by atoms with Crippen LogP contribution >= 0.6 is 11.6 Å². The molecule has 30 heavy (non-hydrogen) atoms. The van der Waals surface area contributed by atoms with Gasteiger partial charge in [0, 0.05) is 48.5 Å². The van der Waals surface area contributed by atoms with Gasteiger partial charge < -0.3 is 9.80 Å². The number of aryl methyl sites for hydroxylation is 2. The second kappa shape index (κ2) is 8.21. The van der Waals surface area contributed by atoms with E-state index in [-0.39, 0.29) is 16.8 Å². The third-order valence-corrected chi connectivity index (χ3v) is 7.48. The molecule has 0 aromatic heterocycles. The molecule has 160 valence electrons. The molecule has 1 heterocycles. The summed E-state index contributed by atoms with van der Waals surface area (Å²) < 4.78 is 27.8. The lowest BCUT2D eigenvalue weighted by Crippen LogP contribution is -2.49. The molecule has 6 nitrogen and oxygen atoms in total. The van der Waals surface area contributed by atoms with Gasteiger partial charge in [-0.3, -0.25) is 4.79 Å². The minimum atomic E-state index is -3.60. The Morgan fingerprint density at radius 2 is 1.67 bits per heavy atom. The van der Waals surface area contributed by atoms with E-state index in [0.717, 1.165) is 29.7 Å². The van der Waals surface area contributed by atoms with Crippen LogP contribution in [0.15, 0.2) is 41.3 Å². The van der Waals surface area contributed by atoms with Crippen LogP contribution in [0.5, 0.6) is 0 Å². The molecule has 1 saturated carbocycles. The van der Waals surface area contributed by atoms with Crippen LogP contribution < -0.4 is 9.62 Å². The van der Waals surface area contributed by atoms with Gasteiger partial charge >= 0.3 is 0 Å². The summed E-state index contributed by atoms with van der Waals surface area (Å²) in [5, 5.41) is 0.697. The van der Waals surface area contributed by atoms with Gasteiger partial charge in [0.25, 0.3) is 5.91 Å². The number of hydrogen-bond acceptors (Lipinski definition) is 4. The van der Waals surface area contributed by atoms with E-state index in [1.807, 2.05) is 32.0 Å². The fraction of sp³-hybridized carbons (Fsp3) is 0.409. The molecule has 1 aliphatic heterocycles. The van der Waals surface area contributed by atoms with Gasteiger partial charge in [0.05, 0.1) is 4.90 Å². The van der Waals surface area contributed by atoms with E-state index < -0.39 is 10.0 Å². The van der Waals surface area contributed by atoms with Gasteiger partial charge in [-0.05, 0) is 62.1 Å². The van der Waals surface area contributed by atoms with E-state index in [4.69, 9.17) is 11.6 Å². The maximum Gasteiger partial charge on any atom is 0.254 e. The molecular formula is C22H26ClN3O3S. The molecule has 1 amide bonds. The van der Waals surface area contributed by atoms with Crippen LogP contribution in [0.3, 0.4) is 0 Å². The van der Waals surface area contributed by atoms with E-state index in [1.165, 1.54) is 6.07 Å². The number of anilines is 1. The summed E-state index contributed by atoms with van der Waals surface area (Å²) in [6, 6.07) is 10.6. The Morgan fingerprint density at radius 3 is 2.33 bits per heavy atom. The lowest BCUT2D eigenvalue weighted by atomic mass is 10.1. The first-order valence-electron chi connectivity index (χ1n) is 10.2. The predicted molar refractivity (Wildman–Crippen MR) is 119 cm³/mol. The number of nitrogens with one attached hydrogen (secondary N) is 1. The van der Waals surface area contributed by atoms with Crippen molar-refractivity contribution in [1.29, 1.82) is 0 Å². The van der Waals surface area contributed by atoms with Crippen molar-refractivity contribution >= 4 is 33.2 Å². The summed E-state index contributed by atoms with van der Waals surface area (Å²) in [7, 11) is -3.60. The number of piperazine rings is 1. The van der Waals surface area contributed by atoms with E-state index in [9.17, 15) is 13.2 Å². The molecule has 1 saturated heterocycles. The molecule has 0 unspecified atom stereocenters. The average molecular weight is 448 g/mol. The molecule has 0 radical (unpaired) electrons. The molecule has 2 fully saturated rings. The van der Waals surface area contributed by atoms with Crippen LogP contribution in [-0.4, -0.2) is 51.4 Å². The number of benzene rings is 2. The first kappa shape index (κ1) is 21.2. The average Bonchev–Trinajstić information content (AvgIpc) is 3.53. The Kier molecular flexibility index (Phi) is 5.79. The van der Waals surface area contributed by atoms with Gasteiger partial charge in [-0.15, -0.1) is 0 Å². The van der Waals surface area contributed by atoms with Crippen LogP contribution in [0.2, 0.25) is 5.02 Å². The van der Waals surface area contributed by atoms with Gasteiger partial charge in [0.2, 0.25) is 10.0 Å². The molecule has 1 aliphatic carbocycles. The zero-order valence-electron chi connectivity index (χ0n) is 17.2. The molecule has 0 bridgehead atoms. The SMILES string of the molecule is Cc1ccc(S(=O)(=O)NC2CC2)cc1C(=O)N1CCN(c2cc(Cl)ccc2C)CC1. The molecule has 4 rings (SSSR count). The maximum absolute atomic E-state index is 13.2. The van der Waals surface area contributed by atoms with Crippen molar-refractivity contribution in [1.82, 2.24) is 9.62 Å². The number of nitrogens with zero attached hydrogens (tertiary/aromatic N) is 2. The smallest absolute Gasteiger partial charge is 0.254 e. The topological polar surface area (TPSA) is 69.7 Å². The van der Waals surface area contributed by atoms with Crippen molar-refractivity contribution in [2.45, 2.75) is 37.6 Å². The number of carbonyl (C=O) groups excluding carboxylic acids is 1. The standard InChI is InChI=1S/C22H26ClN3O3S/c1-15-4-8-19(30(28,29)24-18-6-7-18)14-20(15)22(27)26-11-9-25(10-12-26)21-13-17(23)5-3-16(21)2/h3-5,8,13-14,18,24H,6-7,9-12H2,1-2H3. The number of rotatable bonds is 5. The monoisotopic (exact) mass is 447 g/mol. The lowest BCUT2D eigenvalue weighted by molar-refractivity contribution is 0.0746. The Hall–Kier alpha value is -2.09. The minimum Gasteiger partial charge on any atom is -0.368 e. The molecule has 0 spiro atoms. The normalized spacial score (nSPS) is 17.3. The fourth-order valence-corrected chi connectivity index (χ4v) is 5.23. The Labute approximate surface area is 182 Å². The van der Waals surface area contributed by atoms with Crippen LogP contribution in [0, 0.1) is 13.8 Å². The highest BCUT2D eigenvalue weighted by Crippen LogP contribution is 2.27. The quantitative estimate of drug-likeness (QED) is 0.763. The third kappa shape index (κ3) is 4.48. The molecule has 8 heteroatoms. The lowest BCUT2D eigenvalue weighted by Gasteiger charge is -2.37. The van der Waals surface area contributed by atoms with Crippen molar-refractivity contribution in [3.8, 4) is 0 Å². The van der Waals surface area contributed by atoms with Crippen LogP contribution in [0.4, 0.5) is 5.69 Å². The summed E-state index contributed by atoms with van der Waals surface area (Å²) in [5.41, 5.74) is 3.46. The molecular weight excluding hydrogens is 422 g/mol. The minimum absolute atomic E-state index is 0.0264. The second-order valence-electron chi connectivity index (χ2n) is 8.08. The summed E-state index contributed by atoms with van der Waals surface area (Å²) in [6.45, 7) is 6.43. The summed E-state index contributed by atoms with van der Waals surface area (Å²) >= 11 is 6.15. The number of amides is 1. The second-order valence-corrected chi connectivity index (χ2v) is 10.2. The van der Waals surface area contributed by atoms with Crippen molar-refractivity contribution in [2.24, 2.45) is 0 Å². The molecule has 1 N–H and O–H groups in total. The highest BCUT2D eigenvalue weighted by Gasteiger charge is 2.29. The van der Waals surface area contributed by atoms with Gasteiger partial charge in [0.15, 0.2) is 0 Å². The summed E-state index contributed by atoms with van der Waals surface area (Å²) in [4.78, 5) is 17.3. The Balaban J connectivity index is 1.49. The Morgan fingerprint density at radius 1 is 1.00 bits per heavy atom. The first-order chi connectivity index (χ1) is 14.2. The largest absolute Gasteiger partial charge is 0.368 e. The van der Waals surface area contributed by atoms with Crippen molar-refractivity contribution < 1.29 is 13.2 Å². The fourth-order valence-electron chi connectivity index (χ4n) is 3.73. The van der Waals surface area contributed by atoms with Crippen molar-refractivity contribution in [2.75, 3.05) is 31.1 Å². The van der Waals surface area contributed by atoms with Crippen LogP contribution in [-0.2, 0) is 10.0 Å². The van der Waals surface area contributed by atoms with Crippen LogP contribution in [0.25, 0.3) is 0 Å². The number of halogens is 1. The number of carbonyl (C=O) groups is 1. The summed E-state index contributed by atoms with van der Waals surface area (Å²) in [5.74, 6) is -0.126. The van der Waals surface area contributed by atoms with Gasteiger partial charge in [-0.2, -0.15) is 0 Å². The molecule has 2 aromatic carbocycles. The van der Waals surface area contributed by atoms with E-state index in [0.29, 0.717) is 36.8 Å². The molecule has 2 aliphatic rings. The summed E-state index contributed by atoms with van der Waals surface area (Å²) in [6.07, 6.45) is 1.74. The van der Waals surface area contributed by atoms with E-state index in [1.54, 1.807) is 17.0 Å². The van der Waals surface area contributed by atoms with E-state index >= 15 is 0 Å². The van der Waals surface area contributed by atoms with Crippen LogP contribution in [0.1, 0.15) is 34.3 Å². The maximum atomic E-state index is 13.2. The van der Waals surface area contributed by atoms with Crippen molar-refractivity contribution in [3.63, 3.8) is 0 Å². The third-order valence-electron chi connectivity index (χ3n) is 5.73.